The molecule has 4 nitrogen and oxygen atoms in total. The fourth-order valence-electron chi connectivity index (χ4n) is 0.921. The molecule has 0 fully saturated rings. The van der Waals surface area contributed by atoms with Gasteiger partial charge in [-0.2, -0.15) is 0 Å². The van der Waals surface area contributed by atoms with Crippen molar-refractivity contribution >= 4 is 5.82 Å². The highest BCUT2D eigenvalue weighted by Crippen LogP contribution is 2.10. The number of likely N-dealkylation sites (N-methyl/N-ethyl adjacent to an activating group) is 1. The van der Waals surface area contributed by atoms with Gasteiger partial charge in [-0.05, 0) is 19.2 Å². The summed E-state index contributed by atoms with van der Waals surface area (Å²) in [6.45, 7) is 1.80. The van der Waals surface area contributed by atoms with Gasteiger partial charge >= 0.3 is 0 Å². The zero-order valence-corrected chi connectivity index (χ0v) is 8.00. The van der Waals surface area contributed by atoms with Gasteiger partial charge < -0.3 is 15.4 Å². The van der Waals surface area contributed by atoms with E-state index < -0.39 is 0 Å². The predicted molar refractivity (Wildman–Crippen MR) is 53.2 cm³/mol. The third-order valence-electron chi connectivity index (χ3n) is 1.65. The molecule has 0 atom stereocenters. The zero-order valence-electron chi connectivity index (χ0n) is 8.00. The Morgan fingerprint density at radius 2 is 2.23 bits per heavy atom. The lowest BCUT2D eigenvalue weighted by atomic mass is 10.4. The first-order valence-electron chi connectivity index (χ1n) is 4.25. The van der Waals surface area contributed by atoms with Gasteiger partial charge in [-0.1, -0.05) is 0 Å². The van der Waals surface area contributed by atoms with E-state index in [1.165, 1.54) is 0 Å². The maximum atomic E-state index is 4.99. The van der Waals surface area contributed by atoms with Crippen LogP contribution in [0.2, 0.25) is 0 Å². The van der Waals surface area contributed by atoms with Crippen molar-refractivity contribution in [1.82, 2.24) is 10.3 Å². The second-order valence-electron chi connectivity index (χ2n) is 2.61. The van der Waals surface area contributed by atoms with E-state index in [9.17, 15) is 0 Å². The number of nitrogens with zero attached hydrogens (tertiary/aromatic N) is 1. The number of rotatable bonds is 5. The Balaban J connectivity index is 2.40. The summed E-state index contributed by atoms with van der Waals surface area (Å²) in [6.07, 6.45) is 1.70. The first-order valence-corrected chi connectivity index (χ1v) is 4.25. The molecule has 0 radical (unpaired) electrons. The molecule has 1 rings (SSSR count). The minimum Gasteiger partial charge on any atom is -0.495 e. The Hall–Kier alpha value is -1.29. The Labute approximate surface area is 78.3 Å². The molecule has 0 amide bonds. The molecule has 0 spiro atoms. The minimum absolute atomic E-state index is 0.777. The smallest absolute Gasteiger partial charge is 0.137 e. The second-order valence-corrected chi connectivity index (χ2v) is 2.61. The minimum atomic E-state index is 0.777. The van der Waals surface area contributed by atoms with Gasteiger partial charge in [-0.15, -0.1) is 0 Å². The molecule has 1 heterocycles. The first-order chi connectivity index (χ1) is 6.36. The van der Waals surface area contributed by atoms with Gasteiger partial charge in [-0.3, -0.25) is 0 Å². The van der Waals surface area contributed by atoms with Crippen molar-refractivity contribution in [1.29, 1.82) is 0 Å². The highest BCUT2D eigenvalue weighted by atomic mass is 16.5. The zero-order chi connectivity index (χ0) is 9.52. The van der Waals surface area contributed by atoms with Crippen LogP contribution in [0.1, 0.15) is 0 Å². The SMILES string of the molecule is CNCCNc1ccc(OC)cn1. The number of anilines is 1. The van der Waals surface area contributed by atoms with Crippen LogP contribution in [0.15, 0.2) is 18.3 Å². The molecule has 4 heteroatoms. The van der Waals surface area contributed by atoms with Crippen LogP contribution in [0.5, 0.6) is 5.75 Å². The van der Waals surface area contributed by atoms with Crippen LogP contribution in [-0.2, 0) is 0 Å². The van der Waals surface area contributed by atoms with Crippen LogP contribution >= 0.6 is 0 Å². The largest absolute Gasteiger partial charge is 0.495 e. The summed E-state index contributed by atoms with van der Waals surface area (Å²) < 4.78 is 4.99. The van der Waals surface area contributed by atoms with Gasteiger partial charge in [-0.25, -0.2) is 4.98 Å². The lowest BCUT2D eigenvalue weighted by molar-refractivity contribution is 0.413. The van der Waals surface area contributed by atoms with Crippen LogP contribution in [-0.4, -0.2) is 32.2 Å². The molecule has 0 unspecified atom stereocenters. The summed E-state index contributed by atoms with van der Waals surface area (Å²) in [7, 11) is 3.55. The van der Waals surface area contributed by atoms with E-state index in [1.807, 2.05) is 19.2 Å². The van der Waals surface area contributed by atoms with Gasteiger partial charge in [0.15, 0.2) is 0 Å². The molecule has 0 saturated heterocycles. The molecule has 0 saturated carbocycles. The van der Waals surface area contributed by atoms with E-state index in [0.29, 0.717) is 0 Å². The van der Waals surface area contributed by atoms with Crippen molar-refractivity contribution in [3.8, 4) is 5.75 Å². The molecule has 1 aromatic heterocycles. The Morgan fingerprint density at radius 3 is 2.77 bits per heavy atom. The summed E-state index contributed by atoms with van der Waals surface area (Å²) in [4.78, 5) is 4.16. The van der Waals surface area contributed by atoms with Gasteiger partial charge in [0.25, 0.3) is 0 Å². The second kappa shape index (κ2) is 5.37. The Bertz CT molecular complexity index is 235. The monoisotopic (exact) mass is 181 g/mol. The molecule has 2 N–H and O–H groups in total. The molecule has 1 aromatic rings. The molecular weight excluding hydrogens is 166 g/mol. The Morgan fingerprint density at radius 1 is 1.38 bits per heavy atom. The summed E-state index contributed by atoms with van der Waals surface area (Å²) in [6, 6.07) is 3.78. The lowest BCUT2D eigenvalue weighted by Crippen LogP contribution is -2.18. The molecule has 0 bridgehead atoms. The lowest BCUT2D eigenvalue weighted by Gasteiger charge is -2.05. The van der Waals surface area contributed by atoms with Crippen LogP contribution < -0.4 is 15.4 Å². The summed E-state index contributed by atoms with van der Waals surface area (Å²) in [5.41, 5.74) is 0. The molecule has 0 aliphatic rings. The number of ether oxygens (including phenoxy) is 1. The maximum Gasteiger partial charge on any atom is 0.137 e. The van der Waals surface area contributed by atoms with Crippen molar-refractivity contribution in [3.63, 3.8) is 0 Å². The number of hydrogen-bond acceptors (Lipinski definition) is 4. The molecule has 0 aliphatic carbocycles. The van der Waals surface area contributed by atoms with Gasteiger partial charge in [0.05, 0.1) is 13.3 Å². The van der Waals surface area contributed by atoms with Gasteiger partial charge in [0.1, 0.15) is 11.6 Å². The van der Waals surface area contributed by atoms with E-state index in [0.717, 1.165) is 24.7 Å². The number of pyridine rings is 1. The normalized spacial score (nSPS) is 9.69. The van der Waals surface area contributed by atoms with Crippen molar-refractivity contribution in [2.45, 2.75) is 0 Å². The van der Waals surface area contributed by atoms with Crippen LogP contribution in [0.3, 0.4) is 0 Å². The van der Waals surface area contributed by atoms with Crippen LogP contribution in [0.4, 0.5) is 5.82 Å². The molecule has 13 heavy (non-hydrogen) atoms. The van der Waals surface area contributed by atoms with Gasteiger partial charge in [0, 0.05) is 13.1 Å². The third kappa shape index (κ3) is 3.29. The molecule has 0 aromatic carbocycles. The van der Waals surface area contributed by atoms with Gasteiger partial charge in [0.2, 0.25) is 0 Å². The highest BCUT2D eigenvalue weighted by Gasteiger charge is 1.93. The van der Waals surface area contributed by atoms with Crippen molar-refractivity contribution in [3.05, 3.63) is 18.3 Å². The average molecular weight is 181 g/mol. The van der Waals surface area contributed by atoms with Crippen molar-refractivity contribution < 1.29 is 4.74 Å². The number of nitrogens with one attached hydrogen (secondary N) is 2. The van der Waals surface area contributed by atoms with E-state index >= 15 is 0 Å². The van der Waals surface area contributed by atoms with Crippen LogP contribution in [0, 0.1) is 0 Å². The standard InChI is InChI=1S/C9H15N3O/c1-10-5-6-11-9-4-3-8(13-2)7-12-9/h3-4,7,10H,5-6H2,1-2H3,(H,11,12). The van der Waals surface area contributed by atoms with E-state index in [1.54, 1.807) is 13.3 Å². The fraction of sp³-hybridized carbons (Fsp3) is 0.444. The molecule has 0 aliphatic heterocycles. The number of methoxy groups -OCH3 is 1. The van der Waals surface area contributed by atoms with E-state index in [-0.39, 0.29) is 0 Å². The maximum absolute atomic E-state index is 4.99. The average Bonchev–Trinajstić information content (AvgIpc) is 2.19. The fourth-order valence-corrected chi connectivity index (χ4v) is 0.921. The predicted octanol–water partition coefficient (Wildman–Crippen LogP) is 0.721. The first kappa shape index (κ1) is 9.80. The summed E-state index contributed by atoms with van der Waals surface area (Å²) in [5.74, 6) is 1.65. The third-order valence-corrected chi connectivity index (χ3v) is 1.65. The van der Waals surface area contributed by atoms with Crippen molar-refractivity contribution in [2.75, 3.05) is 32.6 Å². The number of hydrogen-bond donors (Lipinski definition) is 2. The summed E-state index contributed by atoms with van der Waals surface area (Å²) >= 11 is 0. The van der Waals surface area contributed by atoms with E-state index in [2.05, 4.69) is 15.6 Å². The van der Waals surface area contributed by atoms with E-state index in [4.69, 9.17) is 4.74 Å². The number of aromatic nitrogens is 1. The topological polar surface area (TPSA) is 46.2 Å². The summed E-state index contributed by atoms with van der Waals surface area (Å²) in [5, 5.41) is 6.21. The molecular formula is C9H15N3O. The van der Waals surface area contributed by atoms with Crippen LogP contribution in [0.25, 0.3) is 0 Å². The highest BCUT2D eigenvalue weighted by molar-refractivity contribution is 5.37. The van der Waals surface area contributed by atoms with Crippen molar-refractivity contribution in [2.24, 2.45) is 0 Å². The Kier molecular flexibility index (Phi) is 4.05. The molecule has 72 valence electrons. The quantitative estimate of drug-likeness (QED) is 0.657.